The molecule has 1 aliphatic heterocycles. The highest BCUT2D eigenvalue weighted by molar-refractivity contribution is 6.07. The number of carbonyl (C=O) groups excluding carboxylic acids is 1. The molecule has 3 nitrogen and oxygen atoms in total. The Balaban J connectivity index is 2.22. The normalized spacial score (nSPS) is 20.9. The zero-order valence-corrected chi connectivity index (χ0v) is 9.38. The minimum atomic E-state index is -0.304. The Bertz CT molecular complexity index is 447. The van der Waals surface area contributed by atoms with Crippen LogP contribution in [0.1, 0.15) is 31.2 Å². The first kappa shape index (κ1) is 9.70. The van der Waals surface area contributed by atoms with Gasteiger partial charge in [0.1, 0.15) is 5.75 Å². The van der Waals surface area contributed by atoms with E-state index in [0.717, 1.165) is 42.7 Å². The highest BCUT2D eigenvalue weighted by Gasteiger charge is 2.50. The molecule has 3 rings (SSSR count). The second-order valence-corrected chi connectivity index (χ2v) is 4.63. The molecule has 1 aromatic carbocycles. The monoisotopic (exact) mass is 217 g/mol. The van der Waals surface area contributed by atoms with Crippen LogP contribution in [0.4, 0.5) is 5.69 Å². The van der Waals surface area contributed by atoms with Crippen LogP contribution >= 0.6 is 0 Å². The summed E-state index contributed by atoms with van der Waals surface area (Å²) in [5, 5.41) is 2.99. The number of amides is 1. The summed E-state index contributed by atoms with van der Waals surface area (Å²) in [6.07, 6.45) is 4.16. The molecule has 1 saturated carbocycles. The van der Waals surface area contributed by atoms with Crippen LogP contribution in [0, 0.1) is 0 Å². The molecule has 1 fully saturated rings. The number of benzene rings is 1. The number of anilines is 1. The van der Waals surface area contributed by atoms with Crippen LogP contribution in [0.25, 0.3) is 0 Å². The van der Waals surface area contributed by atoms with Crippen LogP contribution in [0.2, 0.25) is 0 Å². The van der Waals surface area contributed by atoms with Gasteiger partial charge < -0.3 is 10.1 Å². The number of methoxy groups -OCH3 is 1. The molecule has 16 heavy (non-hydrogen) atoms. The van der Waals surface area contributed by atoms with Gasteiger partial charge in [0.2, 0.25) is 5.91 Å². The topological polar surface area (TPSA) is 38.3 Å². The van der Waals surface area contributed by atoms with E-state index in [-0.39, 0.29) is 11.3 Å². The maximum absolute atomic E-state index is 12.2. The lowest BCUT2D eigenvalue weighted by atomic mass is 9.79. The van der Waals surface area contributed by atoms with E-state index in [1.165, 1.54) is 0 Å². The summed E-state index contributed by atoms with van der Waals surface area (Å²) in [7, 11) is 1.67. The van der Waals surface area contributed by atoms with Crippen molar-refractivity contribution in [3.8, 4) is 5.75 Å². The average Bonchev–Trinajstić information content (AvgIpc) is 2.88. The van der Waals surface area contributed by atoms with Gasteiger partial charge in [-0.05, 0) is 25.0 Å². The van der Waals surface area contributed by atoms with E-state index in [2.05, 4.69) is 5.32 Å². The predicted octanol–water partition coefficient (Wildman–Crippen LogP) is 2.46. The summed E-state index contributed by atoms with van der Waals surface area (Å²) < 4.78 is 5.40. The number of fused-ring (bicyclic) bond motifs is 2. The third-order valence-corrected chi connectivity index (χ3v) is 3.86. The fourth-order valence-electron chi connectivity index (χ4n) is 3.11. The van der Waals surface area contributed by atoms with Crippen molar-refractivity contribution in [1.82, 2.24) is 0 Å². The molecule has 3 heteroatoms. The van der Waals surface area contributed by atoms with Gasteiger partial charge in [0, 0.05) is 11.3 Å². The SMILES string of the molecule is COc1cccc2c1C1(CCCC1)C(=O)N2. The zero-order chi connectivity index (χ0) is 11.2. The van der Waals surface area contributed by atoms with E-state index in [1.807, 2.05) is 18.2 Å². The average molecular weight is 217 g/mol. The Morgan fingerprint density at radius 2 is 2.06 bits per heavy atom. The molecule has 1 spiro atoms. The highest BCUT2D eigenvalue weighted by atomic mass is 16.5. The van der Waals surface area contributed by atoms with Crippen molar-refractivity contribution in [1.29, 1.82) is 0 Å². The predicted molar refractivity (Wildman–Crippen MR) is 61.8 cm³/mol. The van der Waals surface area contributed by atoms with Gasteiger partial charge in [-0.1, -0.05) is 18.9 Å². The smallest absolute Gasteiger partial charge is 0.235 e. The summed E-state index contributed by atoms with van der Waals surface area (Å²) >= 11 is 0. The molecule has 1 aliphatic carbocycles. The molecule has 0 radical (unpaired) electrons. The number of rotatable bonds is 1. The molecule has 1 amide bonds. The van der Waals surface area contributed by atoms with Crippen LogP contribution in [0.5, 0.6) is 5.75 Å². The summed E-state index contributed by atoms with van der Waals surface area (Å²) in [5.74, 6) is 1.00. The number of hydrogen-bond acceptors (Lipinski definition) is 2. The van der Waals surface area contributed by atoms with Crippen molar-refractivity contribution in [3.05, 3.63) is 23.8 Å². The zero-order valence-electron chi connectivity index (χ0n) is 9.38. The van der Waals surface area contributed by atoms with Crippen LogP contribution in [0.15, 0.2) is 18.2 Å². The number of ether oxygens (including phenoxy) is 1. The van der Waals surface area contributed by atoms with Crippen LogP contribution in [-0.4, -0.2) is 13.0 Å². The molecule has 0 saturated heterocycles. The summed E-state index contributed by atoms with van der Waals surface area (Å²) in [6, 6.07) is 5.83. The van der Waals surface area contributed by atoms with Crippen molar-refractivity contribution >= 4 is 11.6 Å². The lowest BCUT2D eigenvalue weighted by molar-refractivity contribution is -0.120. The van der Waals surface area contributed by atoms with Gasteiger partial charge in [-0.15, -0.1) is 0 Å². The van der Waals surface area contributed by atoms with Gasteiger partial charge in [0.05, 0.1) is 12.5 Å². The Labute approximate surface area is 94.8 Å². The molecule has 2 aliphatic rings. The molecule has 0 bridgehead atoms. The van der Waals surface area contributed by atoms with Crippen molar-refractivity contribution < 1.29 is 9.53 Å². The molecule has 1 heterocycles. The fourth-order valence-corrected chi connectivity index (χ4v) is 3.11. The number of nitrogens with one attached hydrogen (secondary N) is 1. The molecule has 1 aromatic rings. The van der Waals surface area contributed by atoms with Crippen molar-refractivity contribution in [2.45, 2.75) is 31.1 Å². The molecule has 0 unspecified atom stereocenters. The maximum Gasteiger partial charge on any atom is 0.235 e. The summed E-state index contributed by atoms with van der Waals surface area (Å²) in [5.41, 5.74) is 1.72. The molecule has 1 N–H and O–H groups in total. The van der Waals surface area contributed by atoms with Crippen molar-refractivity contribution in [3.63, 3.8) is 0 Å². The number of hydrogen-bond donors (Lipinski definition) is 1. The van der Waals surface area contributed by atoms with Gasteiger partial charge in [-0.3, -0.25) is 4.79 Å². The maximum atomic E-state index is 12.2. The van der Waals surface area contributed by atoms with E-state index in [4.69, 9.17) is 4.74 Å². The minimum Gasteiger partial charge on any atom is -0.496 e. The fraction of sp³-hybridized carbons (Fsp3) is 0.462. The van der Waals surface area contributed by atoms with Crippen molar-refractivity contribution in [2.24, 2.45) is 0 Å². The van der Waals surface area contributed by atoms with Gasteiger partial charge in [0.15, 0.2) is 0 Å². The largest absolute Gasteiger partial charge is 0.496 e. The first-order valence-electron chi connectivity index (χ1n) is 5.77. The second-order valence-electron chi connectivity index (χ2n) is 4.63. The van der Waals surface area contributed by atoms with E-state index in [1.54, 1.807) is 7.11 Å². The minimum absolute atomic E-state index is 0.157. The second kappa shape index (κ2) is 3.24. The number of carbonyl (C=O) groups is 1. The summed E-state index contributed by atoms with van der Waals surface area (Å²) in [4.78, 5) is 12.2. The van der Waals surface area contributed by atoms with Gasteiger partial charge in [-0.25, -0.2) is 0 Å². The van der Waals surface area contributed by atoms with Gasteiger partial charge >= 0.3 is 0 Å². The lowest BCUT2D eigenvalue weighted by Crippen LogP contribution is -2.31. The molecule has 0 aromatic heterocycles. The Morgan fingerprint density at radius 1 is 1.31 bits per heavy atom. The van der Waals surface area contributed by atoms with Crippen molar-refractivity contribution in [2.75, 3.05) is 12.4 Å². The van der Waals surface area contributed by atoms with E-state index < -0.39 is 0 Å². The Kier molecular flexibility index (Phi) is 1.96. The lowest BCUT2D eigenvalue weighted by Gasteiger charge is -2.22. The van der Waals surface area contributed by atoms with Crippen LogP contribution in [-0.2, 0) is 10.2 Å². The summed E-state index contributed by atoms with van der Waals surface area (Å²) in [6.45, 7) is 0. The van der Waals surface area contributed by atoms with E-state index >= 15 is 0 Å². The van der Waals surface area contributed by atoms with E-state index in [0.29, 0.717) is 0 Å². The Morgan fingerprint density at radius 3 is 2.75 bits per heavy atom. The molecular weight excluding hydrogens is 202 g/mol. The molecular formula is C13H15NO2. The molecule has 84 valence electrons. The van der Waals surface area contributed by atoms with Gasteiger partial charge in [0.25, 0.3) is 0 Å². The Hall–Kier alpha value is -1.51. The van der Waals surface area contributed by atoms with Crippen LogP contribution < -0.4 is 10.1 Å². The third-order valence-electron chi connectivity index (χ3n) is 3.86. The quantitative estimate of drug-likeness (QED) is 0.784. The van der Waals surface area contributed by atoms with Crippen LogP contribution in [0.3, 0.4) is 0 Å². The highest BCUT2D eigenvalue weighted by Crippen LogP contribution is 2.52. The standard InChI is InChI=1S/C13H15NO2/c1-16-10-6-4-5-9-11(10)13(12(15)14-9)7-2-3-8-13/h4-6H,2-3,7-8H2,1H3,(H,14,15). The first-order valence-corrected chi connectivity index (χ1v) is 5.77. The first-order chi connectivity index (χ1) is 7.78. The third kappa shape index (κ3) is 1.06. The van der Waals surface area contributed by atoms with Gasteiger partial charge in [-0.2, -0.15) is 0 Å². The molecule has 0 atom stereocenters. The van der Waals surface area contributed by atoms with E-state index in [9.17, 15) is 4.79 Å².